The number of aliphatic carboxylic acids is 1. The summed E-state index contributed by atoms with van der Waals surface area (Å²) in [5, 5.41) is 38.6. The normalized spacial score (nSPS) is 11.7. The first-order valence-corrected chi connectivity index (χ1v) is 21.1. The van der Waals surface area contributed by atoms with Crippen molar-refractivity contribution in [2.75, 3.05) is 98.9 Å². The summed E-state index contributed by atoms with van der Waals surface area (Å²) in [6.07, 6.45) is 11.2. The van der Waals surface area contributed by atoms with E-state index >= 15 is 0 Å². The summed E-state index contributed by atoms with van der Waals surface area (Å²) in [7, 11) is 0. The smallest absolute Gasteiger partial charge is 0.303 e. The second kappa shape index (κ2) is 41.4. The van der Waals surface area contributed by atoms with E-state index in [4.69, 9.17) is 33.5 Å². The molecule has 0 bridgehead atoms. The number of carbonyl (C=O) groups is 6. The number of Topliss-reactive ketones (excluding diaryl/α,β-unsaturated/α-hetero) is 1. The molecule has 0 aromatic heterocycles. The average Bonchev–Trinajstić information content (AvgIpc) is 3.19. The van der Waals surface area contributed by atoms with Crippen molar-refractivity contribution in [3.63, 3.8) is 0 Å². The van der Waals surface area contributed by atoms with E-state index in [1.165, 1.54) is 26.2 Å². The highest BCUT2D eigenvalue weighted by Crippen LogP contribution is 2.13. The van der Waals surface area contributed by atoms with Crippen LogP contribution in [0.3, 0.4) is 0 Å². The molecule has 59 heavy (non-hydrogen) atoms. The van der Waals surface area contributed by atoms with Crippen molar-refractivity contribution in [2.45, 2.75) is 122 Å². The number of carboxylic acid groups (broad SMARTS) is 1. The van der Waals surface area contributed by atoms with E-state index in [-0.39, 0.29) is 128 Å². The van der Waals surface area contributed by atoms with Crippen LogP contribution in [0.2, 0.25) is 0 Å². The Morgan fingerprint density at radius 2 is 0.814 bits per heavy atom. The number of ether oxygens (including phenoxy) is 6. The summed E-state index contributed by atoms with van der Waals surface area (Å²) < 4.78 is 31.6. The molecule has 0 aliphatic rings. The quantitative estimate of drug-likeness (QED) is 0.0335. The highest BCUT2D eigenvalue weighted by Gasteiger charge is 2.20. The minimum Gasteiger partial charge on any atom is -0.481 e. The molecule has 0 saturated carbocycles. The summed E-state index contributed by atoms with van der Waals surface area (Å²) in [6.45, 7) is 4.28. The Morgan fingerprint density at radius 1 is 0.441 bits per heavy atom. The van der Waals surface area contributed by atoms with Gasteiger partial charge in [0.2, 0.25) is 23.6 Å². The maximum Gasteiger partial charge on any atom is 0.303 e. The third-order valence-electron chi connectivity index (χ3n) is 8.53. The SMILES string of the molecule is CC(=O)COCCOCCNC(=O)COCCOCCNC(=O)COCCOCCNC(=O)CCC(NC(=O)CCCCCCCCCCCCCCC(=O)O)C(O)O. The maximum absolute atomic E-state index is 12.3. The first kappa shape index (κ1) is 55.7. The van der Waals surface area contributed by atoms with Crippen LogP contribution < -0.4 is 21.3 Å². The van der Waals surface area contributed by atoms with Crippen LogP contribution in [0.1, 0.15) is 110 Å². The molecule has 0 radical (unpaired) electrons. The zero-order valence-corrected chi connectivity index (χ0v) is 35.3. The van der Waals surface area contributed by atoms with Crippen molar-refractivity contribution < 1.29 is 72.5 Å². The summed E-state index contributed by atoms with van der Waals surface area (Å²) in [6, 6.07) is -0.953. The van der Waals surface area contributed by atoms with Crippen molar-refractivity contribution >= 4 is 35.4 Å². The van der Waals surface area contributed by atoms with E-state index in [2.05, 4.69) is 21.3 Å². The molecule has 19 heteroatoms. The van der Waals surface area contributed by atoms with Crippen LogP contribution in [0, 0.1) is 0 Å². The topological polar surface area (TPSA) is 267 Å². The van der Waals surface area contributed by atoms with Crippen LogP contribution >= 0.6 is 0 Å². The van der Waals surface area contributed by atoms with Crippen LogP contribution in [0.25, 0.3) is 0 Å². The number of rotatable bonds is 44. The van der Waals surface area contributed by atoms with Crippen molar-refractivity contribution in [1.29, 1.82) is 0 Å². The number of amides is 4. The lowest BCUT2D eigenvalue weighted by Gasteiger charge is -2.20. The number of hydrogen-bond donors (Lipinski definition) is 7. The Bertz CT molecular complexity index is 1100. The van der Waals surface area contributed by atoms with Crippen LogP contribution in [-0.2, 0) is 57.2 Å². The fraction of sp³-hybridized carbons (Fsp3) is 0.850. The van der Waals surface area contributed by atoms with E-state index in [1.807, 2.05) is 0 Å². The molecule has 7 N–H and O–H groups in total. The number of aliphatic hydroxyl groups is 2. The average molecular weight is 851 g/mol. The Hall–Kier alpha value is -3.30. The monoisotopic (exact) mass is 851 g/mol. The molecule has 0 aliphatic carbocycles. The molecular weight excluding hydrogens is 776 g/mol. The van der Waals surface area contributed by atoms with E-state index in [1.54, 1.807) is 0 Å². The lowest BCUT2D eigenvalue weighted by atomic mass is 10.0. The van der Waals surface area contributed by atoms with Gasteiger partial charge in [-0.3, -0.25) is 28.8 Å². The molecule has 0 spiro atoms. The lowest BCUT2D eigenvalue weighted by Crippen LogP contribution is -2.44. The van der Waals surface area contributed by atoms with Crippen LogP contribution in [0.15, 0.2) is 0 Å². The summed E-state index contributed by atoms with van der Waals surface area (Å²) in [4.78, 5) is 69.4. The summed E-state index contributed by atoms with van der Waals surface area (Å²) >= 11 is 0. The van der Waals surface area contributed by atoms with Gasteiger partial charge in [-0.05, 0) is 26.2 Å². The fourth-order valence-corrected chi connectivity index (χ4v) is 5.37. The standard InChI is InChI=1S/C40H74N4O15/c1-33(45)30-57-27-24-55-22-19-42-37(48)32-59-29-26-56-23-20-43-38(49)31-58-28-25-54-21-18-41-35(46)17-16-34(40(52)53)44-36(47)14-12-10-8-6-4-2-3-5-7-9-11-13-15-39(50)51/h34,40,52-53H,2-32H2,1H3,(H,41,46)(H,42,48)(H,43,49)(H,44,47)(H,50,51). The zero-order chi connectivity index (χ0) is 43.6. The minimum absolute atomic E-state index is 0.0101. The van der Waals surface area contributed by atoms with Crippen molar-refractivity contribution in [1.82, 2.24) is 21.3 Å². The number of unbranched alkanes of at least 4 members (excludes halogenated alkanes) is 11. The van der Waals surface area contributed by atoms with Crippen molar-refractivity contribution in [2.24, 2.45) is 0 Å². The van der Waals surface area contributed by atoms with Crippen LogP contribution in [-0.4, -0.2) is 162 Å². The first-order valence-electron chi connectivity index (χ1n) is 21.1. The molecule has 4 amide bonds. The Labute approximate surface area is 349 Å². The van der Waals surface area contributed by atoms with E-state index in [9.17, 15) is 39.0 Å². The van der Waals surface area contributed by atoms with Gasteiger partial charge in [-0.15, -0.1) is 0 Å². The number of carbonyl (C=O) groups excluding carboxylic acids is 5. The van der Waals surface area contributed by atoms with Gasteiger partial charge in [-0.25, -0.2) is 0 Å². The fourth-order valence-electron chi connectivity index (χ4n) is 5.37. The third-order valence-corrected chi connectivity index (χ3v) is 8.53. The Balaban J connectivity index is 3.63. The van der Waals surface area contributed by atoms with Gasteiger partial charge in [0.25, 0.3) is 0 Å². The summed E-state index contributed by atoms with van der Waals surface area (Å²) in [5.74, 6) is -1.99. The van der Waals surface area contributed by atoms with Gasteiger partial charge in [-0.2, -0.15) is 0 Å². The molecule has 0 heterocycles. The largest absolute Gasteiger partial charge is 0.481 e. The van der Waals surface area contributed by atoms with Crippen LogP contribution in [0.5, 0.6) is 0 Å². The predicted molar refractivity (Wildman–Crippen MR) is 216 cm³/mol. The summed E-state index contributed by atoms with van der Waals surface area (Å²) in [5.41, 5.74) is 0. The second-order valence-electron chi connectivity index (χ2n) is 14.0. The van der Waals surface area contributed by atoms with E-state index in [0.29, 0.717) is 32.8 Å². The first-order chi connectivity index (χ1) is 28.5. The number of aliphatic hydroxyl groups excluding tert-OH is 1. The Morgan fingerprint density at radius 3 is 1.22 bits per heavy atom. The number of carboxylic acids is 1. The molecule has 0 fully saturated rings. The molecule has 0 rings (SSSR count). The number of nitrogens with one attached hydrogen (secondary N) is 4. The predicted octanol–water partition coefficient (Wildman–Crippen LogP) is 1.15. The van der Waals surface area contributed by atoms with Crippen LogP contribution in [0.4, 0.5) is 0 Å². The van der Waals surface area contributed by atoms with E-state index in [0.717, 1.165) is 51.4 Å². The van der Waals surface area contributed by atoms with Crippen molar-refractivity contribution in [3.8, 4) is 0 Å². The van der Waals surface area contributed by atoms with Gasteiger partial charge < -0.3 is 65.0 Å². The molecule has 1 unspecified atom stereocenters. The molecule has 0 aliphatic heterocycles. The molecule has 1 atom stereocenters. The molecule has 0 aromatic rings. The van der Waals surface area contributed by atoms with Gasteiger partial charge in [0.15, 0.2) is 12.1 Å². The third kappa shape index (κ3) is 42.6. The number of hydrogen-bond acceptors (Lipinski definition) is 14. The second-order valence-corrected chi connectivity index (χ2v) is 14.0. The Kier molecular flexibility index (Phi) is 39.1. The molecular formula is C40H74N4O15. The zero-order valence-electron chi connectivity index (χ0n) is 35.3. The number of ketones is 1. The molecule has 0 saturated heterocycles. The molecule has 0 aromatic carbocycles. The van der Waals surface area contributed by atoms with Gasteiger partial charge in [0, 0.05) is 38.9 Å². The molecule has 344 valence electrons. The highest BCUT2D eigenvalue weighted by atomic mass is 16.5. The maximum atomic E-state index is 12.3. The minimum atomic E-state index is -1.79. The highest BCUT2D eigenvalue weighted by molar-refractivity contribution is 5.78. The van der Waals surface area contributed by atoms with Gasteiger partial charge in [-0.1, -0.05) is 64.2 Å². The van der Waals surface area contributed by atoms with E-state index < -0.39 is 18.3 Å². The van der Waals surface area contributed by atoms with Gasteiger partial charge in [0.1, 0.15) is 19.8 Å². The lowest BCUT2D eigenvalue weighted by molar-refractivity contribution is -0.137. The molecule has 19 nitrogen and oxygen atoms in total. The van der Waals surface area contributed by atoms with Crippen molar-refractivity contribution in [3.05, 3.63) is 0 Å². The van der Waals surface area contributed by atoms with Gasteiger partial charge >= 0.3 is 5.97 Å². The van der Waals surface area contributed by atoms with Gasteiger partial charge in [0.05, 0.1) is 65.5 Å².